The Balaban J connectivity index is 0.000000211. The number of nitriles is 2. The van der Waals surface area contributed by atoms with Gasteiger partial charge in [0.2, 0.25) is 0 Å². The molecule has 0 aromatic heterocycles. The van der Waals surface area contributed by atoms with E-state index in [1.54, 1.807) is 41.5 Å². The zero-order valence-corrected chi connectivity index (χ0v) is 22.9. The van der Waals surface area contributed by atoms with Crippen LogP contribution in [-0.4, -0.2) is 23.1 Å². The van der Waals surface area contributed by atoms with Crippen LogP contribution in [0.25, 0.3) is 12.2 Å². The van der Waals surface area contributed by atoms with Crippen molar-refractivity contribution in [3.63, 3.8) is 0 Å². The molecule has 0 spiro atoms. The lowest BCUT2D eigenvalue weighted by atomic mass is 10.1. The van der Waals surface area contributed by atoms with Crippen molar-refractivity contribution >= 4 is 24.1 Å². The predicted octanol–water partition coefficient (Wildman–Crippen LogP) is 6.65. The van der Waals surface area contributed by atoms with Gasteiger partial charge in [-0.05, 0) is 63.8 Å². The summed E-state index contributed by atoms with van der Waals surface area (Å²) in [5.41, 5.74) is 0.386. The van der Waals surface area contributed by atoms with Crippen LogP contribution in [0.3, 0.4) is 0 Å². The minimum atomic E-state index is -1.07. The van der Waals surface area contributed by atoms with E-state index in [-0.39, 0.29) is 0 Å². The first-order chi connectivity index (χ1) is 17.7. The summed E-state index contributed by atoms with van der Waals surface area (Å²) in [5, 5.41) is 18.6. The van der Waals surface area contributed by atoms with Crippen LogP contribution in [0, 0.1) is 33.5 Å². The van der Waals surface area contributed by atoms with Gasteiger partial charge in [-0.25, -0.2) is 9.59 Å². The molecule has 196 valence electrons. The van der Waals surface area contributed by atoms with Gasteiger partial charge in [-0.15, -0.1) is 0 Å². The lowest BCUT2D eigenvalue weighted by Gasteiger charge is -2.20. The van der Waals surface area contributed by atoms with E-state index in [1.165, 1.54) is 0 Å². The van der Waals surface area contributed by atoms with Crippen molar-refractivity contribution in [1.82, 2.24) is 0 Å². The molecule has 2 aliphatic carbocycles. The van der Waals surface area contributed by atoms with Gasteiger partial charge >= 0.3 is 11.9 Å². The fourth-order valence-corrected chi connectivity index (χ4v) is 3.78. The summed E-state index contributed by atoms with van der Waals surface area (Å²) >= 11 is 0. The molecule has 0 saturated heterocycles. The van der Waals surface area contributed by atoms with Crippen molar-refractivity contribution in [2.75, 3.05) is 0 Å². The molecule has 0 amide bonds. The summed E-state index contributed by atoms with van der Waals surface area (Å²) < 4.78 is 10.6. The Hall–Kier alpha value is -4.16. The number of rotatable bonds is 4. The first-order valence-corrected chi connectivity index (χ1v) is 12.6. The van der Waals surface area contributed by atoms with E-state index in [4.69, 9.17) is 9.47 Å². The normalized spacial score (nSPS) is 23.8. The highest BCUT2D eigenvalue weighted by molar-refractivity contribution is 5.93. The van der Waals surface area contributed by atoms with Gasteiger partial charge in [-0.3, -0.25) is 0 Å². The molecule has 0 radical (unpaired) electrons. The van der Waals surface area contributed by atoms with E-state index in [1.807, 2.05) is 72.8 Å². The van der Waals surface area contributed by atoms with Crippen LogP contribution in [-0.2, 0) is 19.1 Å². The molecule has 6 heteroatoms. The lowest BCUT2D eigenvalue weighted by Crippen LogP contribution is -2.29. The minimum absolute atomic E-state index is 0.440. The number of carbonyl (C=O) groups is 2. The second kappa shape index (κ2) is 10.7. The van der Waals surface area contributed by atoms with Gasteiger partial charge in [0.25, 0.3) is 0 Å². The van der Waals surface area contributed by atoms with Crippen LogP contribution in [0.2, 0.25) is 0 Å². The first kappa shape index (κ1) is 28.4. The van der Waals surface area contributed by atoms with Crippen molar-refractivity contribution in [2.24, 2.45) is 10.8 Å². The number of ether oxygens (including phenoxy) is 2. The molecule has 2 fully saturated rings. The van der Waals surface area contributed by atoms with Gasteiger partial charge in [0.1, 0.15) is 11.2 Å². The fraction of sp³-hybridized carbons (Fsp3) is 0.375. The maximum Gasteiger partial charge on any atom is 0.331 e. The molecule has 0 N–H and O–H groups in total. The molecular weight excluding hydrogens is 476 g/mol. The molecule has 0 unspecified atom stereocenters. The Kier molecular flexibility index (Phi) is 7.98. The largest absolute Gasteiger partial charge is 0.459 e. The lowest BCUT2D eigenvalue weighted by molar-refractivity contribution is -0.159. The molecule has 6 nitrogen and oxygen atoms in total. The van der Waals surface area contributed by atoms with E-state index >= 15 is 0 Å². The third kappa shape index (κ3) is 6.99. The van der Waals surface area contributed by atoms with Crippen molar-refractivity contribution in [1.29, 1.82) is 10.5 Å². The van der Waals surface area contributed by atoms with Crippen LogP contribution in [0.5, 0.6) is 0 Å². The average molecular weight is 511 g/mol. The summed E-state index contributed by atoms with van der Waals surface area (Å²) in [6.07, 6.45) is 4.72. The first-order valence-electron chi connectivity index (χ1n) is 12.6. The van der Waals surface area contributed by atoms with Crippen LogP contribution in [0.15, 0.2) is 71.8 Å². The van der Waals surface area contributed by atoms with E-state index in [9.17, 15) is 20.1 Å². The summed E-state index contributed by atoms with van der Waals surface area (Å²) in [6.45, 7) is 10.8. The number of nitrogens with zero attached hydrogens (tertiary/aromatic N) is 2. The Bertz CT molecular complexity index is 1230. The SMILES string of the molecule is CC(C)(C)OC(=O)[C@@]1(C#N)C/C1=C\c1ccccc1.CC(C)(C)OC(=O)[C@@]1(C#N)C/C1=C\c1ccccc1. The Labute approximate surface area is 225 Å². The zero-order valence-electron chi connectivity index (χ0n) is 22.9. The maximum absolute atomic E-state index is 12.1. The van der Waals surface area contributed by atoms with E-state index in [0.29, 0.717) is 12.8 Å². The highest BCUT2D eigenvalue weighted by Gasteiger charge is 2.59. The third-order valence-electron chi connectivity index (χ3n) is 5.91. The van der Waals surface area contributed by atoms with Crippen molar-refractivity contribution < 1.29 is 19.1 Å². The molecular formula is C32H34N2O4. The number of hydrogen-bond acceptors (Lipinski definition) is 6. The van der Waals surface area contributed by atoms with Gasteiger partial charge in [0.05, 0.1) is 12.1 Å². The fourth-order valence-electron chi connectivity index (χ4n) is 3.78. The standard InChI is InChI=1S/2C16H17NO2/c2*1-15(2,3)19-14(18)16(11-17)10-13(16)9-12-7-5-4-6-8-12/h2*4-9H,10H2,1-3H3/b2*13-9+/t2*16-/m11/s1. The molecule has 2 aromatic rings. The predicted molar refractivity (Wildman–Crippen MR) is 146 cm³/mol. The quantitative estimate of drug-likeness (QED) is 0.427. The highest BCUT2D eigenvalue weighted by Crippen LogP contribution is 2.54. The summed E-state index contributed by atoms with van der Waals surface area (Å²) in [5.74, 6) is -0.880. The second-order valence-electron chi connectivity index (χ2n) is 11.6. The van der Waals surface area contributed by atoms with E-state index in [2.05, 4.69) is 12.1 Å². The van der Waals surface area contributed by atoms with Gasteiger partial charge in [-0.1, -0.05) is 72.8 Å². The van der Waals surface area contributed by atoms with Crippen molar-refractivity contribution in [3.05, 3.63) is 82.9 Å². The molecule has 2 aliphatic rings. The number of esters is 2. The molecule has 2 aromatic carbocycles. The number of carbonyl (C=O) groups excluding carboxylic acids is 2. The van der Waals surface area contributed by atoms with Crippen LogP contribution in [0.1, 0.15) is 65.5 Å². The van der Waals surface area contributed by atoms with Crippen LogP contribution in [0.4, 0.5) is 0 Å². The monoisotopic (exact) mass is 510 g/mol. The minimum Gasteiger partial charge on any atom is -0.459 e. The molecule has 4 rings (SSSR count). The summed E-state index contributed by atoms with van der Waals surface area (Å²) in [6, 6.07) is 23.6. The van der Waals surface area contributed by atoms with Crippen molar-refractivity contribution in [2.45, 2.75) is 65.6 Å². The van der Waals surface area contributed by atoms with Gasteiger partial charge in [0.15, 0.2) is 10.8 Å². The Morgan fingerprint density at radius 1 is 0.684 bits per heavy atom. The summed E-state index contributed by atoms with van der Waals surface area (Å²) in [4.78, 5) is 24.2. The van der Waals surface area contributed by atoms with Gasteiger partial charge in [0, 0.05) is 12.8 Å². The highest BCUT2D eigenvalue weighted by atomic mass is 16.6. The topological polar surface area (TPSA) is 100 Å². The van der Waals surface area contributed by atoms with Gasteiger partial charge < -0.3 is 9.47 Å². The molecule has 0 aliphatic heterocycles. The molecule has 0 heterocycles. The Morgan fingerprint density at radius 2 is 1.00 bits per heavy atom. The molecule has 2 atom stereocenters. The van der Waals surface area contributed by atoms with Crippen LogP contribution >= 0.6 is 0 Å². The number of hydrogen-bond donors (Lipinski definition) is 0. The molecule has 38 heavy (non-hydrogen) atoms. The Morgan fingerprint density at radius 3 is 1.26 bits per heavy atom. The van der Waals surface area contributed by atoms with E-state index < -0.39 is 34.0 Å². The zero-order chi connectivity index (χ0) is 28.2. The van der Waals surface area contributed by atoms with Crippen LogP contribution < -0.4 is 0 Å². The smallest absolute Gasteiger partial charge is 0.331 e. The molecule has 0 bridgehead atoms. The summed E-state index contributed by atoms with van der Waals surface area (Å²) in [7, 11) is 0. The molecule has 2 saturated carbocycles. The van der Waals surface area contributed by atoms with Crippen molar-refractivity contribution in [3.8, 4) is 12.1 Å². The van der Waals surface area contributed by atoms with Gasteiger partial charge in [-0.2, -0.15) is 10.5 Å². The third-order valence-corrected chi connectivity index (χ3v) is 5.91. The average Bonchev–Trinajstić information content (AvgIpc) is 3.73. The second-order valence-corrected chi connectivity index (χ2v) is 11.6. The number of benzene rings is 2. The maximum atomic E-state index is 12.1. The van der Waals surface area contributed by atoms with E-state index in [0.717, 1.165) is 22.3 Å².